The van der Waals surface area contributed by atoms with E-state index in [1.807, 2.05) is 12.1 Å². The summed E-state index contributed by atoms with van der Waals surface area (Å²) in [6, 6.07) is 6.66. The highest BCUT2D eigenvalue weighted by Crippen LogP contribution is 2.18. The third kappa shape index (κ3) is 3.11. The lowest BCUT2D eigenvalue weighted by molar-refractivity contribution is 0.513. The van der Waals surface area contributed by atoms with Gasteiger partial charge in [0.1, 0.15) is 5.82 Å². The maximum absolute atomic E-state index is 13.7. The quantitative estimate of drug-likeness (QED) is 0.943. The second-order valence-corrected chi connectivity index (χ2v) is 4.80. The fourth-order valence-electron chi connectivity index (χ4n) is 1.73. The molecule has 0 bridgehead atoms. The molecule has 1 unspecified atom stereocenters. The van der Waals surface area contributed by atoms with E-state index in [0.29, 0.717) is 12.1 Å². The Labute approximate surface area is 114 Å². The third-order valence-electron chi connectivity index (χ3n) is 2.67. The standard InChI is InChI=1S/C13H13BrFN3/c1-16-12(13-11(15)3-2-6-17-13)7-10-5-4-9(14)8-18-10/h2-6,8,12,16H,7H2,1H3. The summed E-state index contributed by atoms with van der Waals surface area (Å²) in [6.45, 7) is 0. The van der Waals surface area contributed by atoms with E-state index in [0.717, 1.165) is 10.2 Å². The van der Waals surface area contributed by atoms with E-state index in [9.17, 15) is 4.39 Å². The van der Waals surface area contributed by atoms with Crippen molar-refractivity contribution >= 4 is 15.9 Å². The maximum atomic E-state index is 13.7. The summed E-state index contributed by atoms with van der Waals surface area (Å²) in [6.07, 6.45) is 3.92. The van der Waals surface area contributed by atoms with Crippen molar-refractivity contribution in [3.05, 3.63) is 58.3 Å². The number of pyridine rings is 2. The van der Waals surface area contributed by atoms with E-state index < -0.39 is 0 Å². The van der Waals surface area contributed by atoms with Crippen LogP contribution in [-0.2, 0) is 6.42 Å². The van der Waals surface area contributed by atoms with Crippen LogP contribution in [0.25, 0.3) is 0 Å². The lowest BCUT2D eigenvalue weighted by Gasteiger charge is -2.15. The van der Waals surface area contributed by atoms with Gasteiger partial charge in [0.25, 0.3) is 0 Å². The van der Waals surface area contributed by atoms with E-state index in [4.69, 9.17) is 0 Å². The largest absolute Gasteiger partial charge is 0.311 e. The average molecular weight is 310 g/mol. The Morgan fingerprint density at radius 2 is 2.17 bits per heavy atom. The highest BCUT2D eigenvalue weighted by Gasteiger charge is 2.16. The van der Waals surface area contributed by atoms with Crippen LogP contribution < -0.4 is 5.32 Å². The minimum Gasteiger partial charge on any atom is -0.311 e. The van der Waals surface area contributed by atoms with Gasteiger partial charge in [-0.3, -0.25) is 9.97 Å². The molecule has 18 heavy (non-hydrogen) atoms. The van der Waals surface area contributed by atoms with Crippen LogP contribution in [0.1, 0.15) is 17.4 Å². The minimum atomic E-state index is -0.297. The Bertz CT molecular complexity index is 516. The number of nitrogens with zero attached hydrogens (tertiary/aromatic N) is 2. The summed E-state index contributed by atoms with van der Waals surface area (Å²) in [5.41, 5.74) is 1.31. The molecule has 2 aromatic heterocycles. The summed E-state index contributed by atoms with van der Waals surface area (Å²) in [4.78, 5) is 8.37. The fourth-order valence-corrected chi connectivity index (χ4v) is 1.96. The van der Waals surface area contributed by atoms with Crippen LogP contribution in [0.4, 0.5) is 4.39 Å². The number of halogens is 2. The average Bonchev–Trinajstić information content (AvgIpc) is 2.39. The summed E-state index contributed by atoms with van der Waals surface area (Å²) >= 11 is 3.33. The van der Waals surface area contributed by atoms with Crippen molar-refractivity contribution in [1.29, 1.82) is 0 Å². The van der Waals surface area contributed by atoms with Gasteiger partial charge in [0.2, 0.25) is 0 Å². The Morgan fingerprint density at radius 1 is 1.33 bits per heavy atom. The first-order chi connectivity index (χ1) is 8.70. The SMILES string of the molecule is CNC(Cc1ccc(Br)cn1)c1ncccc1F. The molecule has 0 spiro atoms. The zero-order valence-corrected chi connectivity index (χ0v) is 11.5. The summed E-state index contributed by atoms with van der Waals surface area (Å²) < 4.78 is 14.6. The van der Waals surface area contributed by atoms with E-state index in [2.05, 4.69) is 31.2 Å². The molecule has 0 saturated heterocycles. The minimum absolute atomic E-state index is 0.181. The number of hydrogen-bond acceptors (Lipinski definition) is 3. The summed E-state index contributed by atoms with van der Waals surface area (Å²) in [5.74, 6) is -0.297. The molecule has 0 amide bonds. The molecule has 0 fully saturated rings. The number of likely N-dealkylation sites (N-methyl/N-ethyl adjacent to an activating group) is 1. The molecule has 0 saturated carbocycles. The molecule has 3 nitrogen and oxygen atoms in total. The third-order valence-corrected chi connectivity index (χ3v) is 3.14. The van der Waals surface area contributed by atoms with Crippen molar-refractivity contribution < 1.29 is 4.39 Å². The molecule has 1 atom stereocenters. The van der Waals surface area contributed by atoms with Gasteiger partial charge in [-0.05, 0) is 47.2 Å². The van der Waals surface area contributed by atoms with Crippen LogP contribution in [0, 0.1) is 5.82 Å². The van der Waals surface area contributed by atoms with Crippen molar-refractivity contribution in [2.75, 3.05) is 7.05 Å². The van der Waals surface area contributed by atoms with Gasteiger partial charge in [-0.25, -0.2) is 4.39 Å². The van der Waals surface area contributed by atoms with Gasteiger partial charge in [-0.15, -0.1) is 0 Å². The van der Waals surface area contributed by atoms with Crippen molar-refractivity contribution in [1.82, 2.24) is 15.3 Å². The Hall–Kier alpha value is -1.33. The Kier molecular flexibility index (Phi) is 4.38. The van der Waals surface area contributed by atoms with Crippen molar-refractivity contribution in [3.8, 4) is 0 Å². The molecule has 0 radical (unpaired) electrons. The van der Waals surface area contributed by atoms with Crippen LogP contribution in [0.5, 0.6) is 0 Å². The lowest BCUT2D eigenvalue weighted by Crippen LogP contribution is -2.21. The number of rotatable bonds is 4. The van der Waals surface area contributed by atoms with Crippen LogP contribution >= 0.6 is 15.9 Å². The van der Waals surface area contributed by atoms with Crippen LogP contribution in [0.3, 0.4) is 0 Å². The van der Waals surface area contributed by atoms with Gasteiger partial charge in [0, 0.05) is 29.0 Å². The van der Waals surface area contributed by atoms with Gasteiger partial charge < -0.3 is 5.32 Å². The van der Waals surface area contributed by atoms with E-state index in [1.54, 1.807) is 25.5 Å². The zero-order chi connectivity index (χ0) is 13.0. The first kappa shape index (κ1) is 13.1. The molecule has 94 valence electrons. The zero-order valence-electron chi connectivity index (χ0n) is 9.90. The number of hydrogen-bond donors (Lipinski definition) is 1. The Balaban J connectivity index is 2.20. The maximum Gasteiger partial charge on any atom is 0.146 e. The smallest absolute Gasteiger partial charge is 0.146 e. The first-order valence-corrected chi connectivity index (χ1v) is 6.38. The highest BCUT2D eigenvalue weighted by molar-refractivity contribution is 9.10. The number of nitrogens with one attached hydrogen (secondary N) is 1. The number of aromatic nitrogens is 2. The van der Waals surface area contributed by atoms with Gasteiger partial charge in [0.05, 0.1) is 11.7 Å². The molecule has 2 rings (SSSR count). The van der Waals surface area contributed by atoms with Gasteiger partial charge in [-0.2, -0.15) is 0 Å². The molecule has 0 aliphatic rings. The molecular weight excluding hydrogens is 297 g/mol. The lowest BCUT2D eigenvalue weighted by atomic mass is 10.1. The monoisotopic (exact) mass is 309 g/mol. The van der Waals surface area contributed by atoms with Gasteiger partial charge in [-0.1, -0.05) is 0 Å². The van der Waals surface area contributed by atoms with Crippen molar-refractivity contribution in [2.45, 2.75) is 12.5 Å². The second-order valence-electron chi connectivity index (χ2n) is 3.88. The normalized spacial score (nSPS) is 12.4. The predicted octanol–water partition coefficient (Wildman–Crippen LogP) is 2.88. The van der Waals surface area contributed by atoms with Crippen molar-refractivity contribution in [3.63, 3.8) is 0 Å². The summed E-state index contributed by atoms with van der Waals surface area (Å²) in [7, 11) is 1.79. The molecular formula is C13H13BrFN3. The highest BCUT2D eigenvalue weighted by atomic mass is 79.9. The molecule has 5 heteroatoms. The topological polar surface area (TPSA) is 37.8 Å². The van der Waals surface area contributed by atoms with E-state index >= 15 is 0 Å². The van der Waals surface area contributed by atoms with Crippen LogP contribution in [0.15, 0.2) is 41.1 Å². The predicted molar refractivity (Wildman–Crippen MR) is 71.6 cm³/mol. The Morgan fingerprint density at radius 3 is 2.78 bits per heavy atom. The molecule has 1 N–H and O–H groups in total. The van der Waals surface area contributed by atoms with Crippen molar-refractivity contribution in [2.24, 2.45) is 0 Å². The van der Waals surface area contributed by atoms with Crippen LogP contribution in [0.2, 0.25) is 0 Å². The fraction of sp³-hybridized carbons (Fsp3) is 0.231. The molecule has 0 aliphatic carbocycles. The first-order valence-electron chi connectivity index (χ1n) is 5.59. The van der Waals surface area contributed by atoms with E-state index in [-0.39, 0.29) is 11.9 Å². The molecule has 2 aromatic rings. The van der Waals surface area contributed by atoms with E-state index in [1.165, 1.54) is 6.07 Å². The molecule has 0 aliphatic heterocycles. The second kappa shape index (κ2) is 6.02. The molecule has 2 heterocycles. The molecule has 0 aromatic carbocycles. The van der Waals surface area contributed by atoms with Gasteiger partial charge in [0.15, 0.2) is 0 Å². The van der Waals surface area contributed by atoms with Gasteiger partial charge >= 0.3 is 0 Å². The van der Waals surface area contributed by atoms with Crippen LogP contribution in [-0.4, -0.2) is 17.0 Å². The summed E-state index contributed by atoms with van der Waals surface area (Å²) in [5, 5.41) is 3.07.